The van der Waals surface area contributed by atoms with E-state index in [0.717, 1.165) is 0 Å². The van der Waals surface area contributed by atoms with Gasteiger partial charge in [-0.15, -0.1) is 0 Å². The van der Waals surface area contributed by atoms with E-state index in [1.54, 1.807) is 6.92 Å². The Hall–Kier alpha value is 0.400. The van der Waals surface area contributed by atoms with Crippen LogP contribution in [-0.4, -0.2) is 11.0 Å². The first-order valence-corrected chi connectivity index (χ1v) is 3.59. The van der Waals surface area contributed by atoms with E-state index in [2.05, 4.69) is 29.8 Å². The lowest BCUT2D eigenvalue weighted by Crippen LogP contribution is -2.16. The maximum Gasteiger partial charge on any atom is 0.418 e. The summed E-state index contributed by atoms with van der Waals surface area (Å²) in [4.78, 5) is -2.26. The second kappa shape index (κ2) is 5.98. The van der Waals surface area contributed by atoms with Gasteiger partial charge in [0.05, 0.1) is 0 Å². The Morgan fingerprint density at radius 2 is 1.45 bits per heavy atom. The van der Waals surface area contributed by atoms with Crippen LogP contribution < -0.4 is 0 Å². The van der Waals surface area contributed by atoms with E-state index in [9.17, 15) is 13.2 Å². The van der Waals surface area contributed by atoms with Crippen LogP contribution in [-0.2, 0) is 0 Å². The number of alkyl halides is 5. The summed E-state index contributed by atoms with van der Waals surface area (Å²) in [5.41, 5.74) is 0. The van der Waals surface area contributed by atoms with Gasteiger partial charge in [-0.25, -0.2) is 0 Å². The van der Waals surface area contributed by atoms with Crippen molar-refractivity contribution >= 4 is 34.8 Å². The first-order chi connectivity index (χ1) is 4.68. The van der Waals surface area contributed by atoms with Crippen LogP contribution in [0.1, 0.15) is 6.92 Å². The van der Waals surface area contributed by atoms with Crippen molar-refractivity contribution in [1.29, 1.82) is 0 Å². The maximum atomic E-state index is 10.9. The van der Waals surface area contributed by atoms with Crippen LogP contribution in [0.5, 0.6) is 0 Å². The molecule has 0 heterocycles. The molecule has 0 aliphatic rings. The van der Waals surface area contributed by atoms with Gasteiger partial charge in [-0.3, -0.25) is 0 Å². The fourth-order valence-electron chi connectivity index (χ4n) is 0. The predicted molar refractivity (Wildman–Crippen MR) is 42.2 cm³/mol. The van der Waals surface area contributed by atoms with E-state index >= 15 is 0 Å². The SMILES string of the molecule is C=C(C)Cl.FC(F)(F)C(Cl)Cl. The van der Waals surface area contributed by atoms with E-state index < -0.39 is 11.0 Å². The monoisotopic (exact) mass is 228 g/mol. The topological polar surface area (TPSA) is 0 Å². The summed E-state index contributed by atoms with van der Waals surface area (Å²) < 4.78 is 32.7. The van der Waals surface area contributed by atoms with Gasteiger partial charge in [0.2, 0.25) is 4.84 Å². The molecule has 0 N–H and O–H groups in total. The third-order valence-electron chi connectivity index (χ3n) is 0.247. The van der Waals surface area contributed by atoms with Crippen LogP contribution in [0.15, 0.2) is 11.6 Å². The van der Waals surface area contributed by atoms with Crippen molar-refractivity contribution < 1.29 is 13.2 Å². The number of rotatable bonds is 0. The highest BCUT2D eigenvalue weighted by atomic mass is 35.5. The molecule has 0 rings (SSSR count). The number of hydrogen-bond acceptors (Lipinski definition) is 0. The summed E-state index contributed by atoms with van der Waals surface area (Å²) in [6.45, 7) is 5.06. The highest BCUT2D eigenvalue weighted by molar-refractivity contribution is 6.44. The Bertz CT molecular complexity index is 115. The molecule has 0 atom stereocenters. The van der Waals surface area contributed by atoms with Crippen LogP contribution >= 0.6 is 34.8 Å². The van der Waals surface area contributed by atoms with Crippen molar-refractivity contribution in [3.05, 3.63) is 11.6 Å². The Kier molecular flexibility index (Phi) is 7.58. The standard InChI is InChI=1S/C3H5Cl.C2HCl2F3/c1-3(2)4;3-1(4)2(5,6)7/h1H2,2H3;1H. The molecule has 0 aromatic rings. The number of allylic oxidation sites excluding steroid dienone is 1. The largest absolute Gasteiger partial charge is 0.418 e. The molecule has 0 saturated heterocycles. The number of hydrogen-bond donors (Lipinski definition) is 0. The molecule has 0 aliphatic carbocycles. The zero-order valence-electron chi connectivity index (χ0n) is 5.55. The quantitative estimate of drug-likeness (QED) is 0.548. The zero-order chi connectivity index (χ0) is 9.65. The molecule has 6 heteroatoms. The zero-order valence-corrected chi connectivity index (χ0v) is 7.82. The lowest BCUT2D eigenvalue weighted by molar-refractivity contribution is -0.115. The Morgan fingerprint density at radius 3 is 1.45 bits per heavy atom. The van der Waals surface area contributed by atoms with Gasteiger partial charge in [-0.1, -0.05) is 41.4 Å². The average Bonchev–Trinajstić information content (AvgIpc) is 1.59. The van der Waals surface area contributed by atoms with Gasteiger partial charge < -0.3 is 0 Å². The minimum Gasteiger partial charge on any atom is -0.168 e. The third kappa shape index (κ3) is 17.9. The lowest BCUT2D eigenvalue weighted by Gasteiger charge is -2.03. The highest BCUT2D eigenvalue weighted by Crippen LogP contribution is 2.26. The molecular formula is C5H6Cl3F3. The van der Waals surface area contributed by atoms with Crippen molar-refractivity contribution in [2.45, 2.75) is 17.9 Å². The summed E-state index contributed by atoms with van der Waals surface area (Å²) >= 11 is 13.9. The Morgan fingerprint density at radius 1 is 1.36 bits per heavy atom. The summed E-state index contributed by atoms with van der Waals surface area (Å²) in [6.07, 6.45) is -4.47. The minimum absolute atomic E-state index is 0.639. The minimum atomic E-state index is -4.47. The van der Waals surface area contributed by atoms with Crippen LogP contribution in [0.25, 0.3) is 0 Å². The van der Waals surface area contributed by atoms with E-state index in [1.165, 1.54) is 0 Å². The fourth-order valence-corrected chi connectivity index (χ4v) is 0. The normalized spacial score (nSPS) is 10.5. The van der Waals surface area contributed by atoms with Gasteiger partial charge >= 0.3 is 6.18 Å². The molecule has 0 bridgehead atoms. The molecule has 0 aromatic carbocycles. The van der Waals surface area contributed by atoms with E-state index in [1.807, 2.05) is 0 Å². The molecule has 0 aromatic heterocycles. The lowest BCUT2D eigenvalue weighted by atomic mass is 10.8. The van der Waals surface area contributed by atoms with Gasteiger partial charge in [-0.05, 0) is 6.92 Å². The number of halogens is 6. The summed E-state index contributed by atoms with van der Waals surface area (Å²) in [7, 11) is 0. The molecule has 0 nitrogen and oxygen atoms in total. The van der Waals surface area contributed by atoms with Gasteiger partial charge in [-0.2, -0.15) is 13.2 Å². The molecule has 0 spiro atoms. The van der Waals surface area contributed by atoms with Crippen molar-refractivity contribution in [2.24, 2.45) is 0 Å². The fraction of sp³-hybridized carbons (Fsp3) is 0.600. The smallest absolute Gasteiger partial charge is 0.168 e. The second-order valence-electron chi connectivity index (χ2n) is 1.52. The molecule has 11 heavy (non-hydrogen) atoms. The summed E-state index contributed by atoms with van der Waals surface area (Å²) in [5, 5.41) is 0.639. The van der Waals surface area contributed by atoms with E-state index in [-0.39, 0.29) is 0 Å². The van der Waals surface area contributed by atoms with Gasteiger partial charge in [0.25, 0.3) is 0 Å². The average molecular weight is 229 g/mol. The van der Waals surface area contributed by atoms with Crippen molar-refractivity contribution in [3.8, 4) is 0 Å². The molecule has 0 radical (unpaired) electrons. The molecule has 0 aliphatic heterocycles. The van der Waals surface area contributed by atoms with Crippen molar-refractivity contribution in [3.63, 3.8) is 0 Å². The molecule has 0 saturated carbocycles. The van der Waals surface area contributed by atoms with Gasteiger partial charge in [0, 0.05) is 5.03 Å². The molecule has 0 fully saturated rings. The highest BCUT2D eigenvalue weighted by Gasteiger charge is 2.36. The van der Waals surface area contributed by atoms with Gasteiger partial charge in [0.15, 0.2) is 0 Å². The molecule has 0 unspecified atom stereocenters. The van der Waals surface area contributed by atoms with Crippen LogP contribution in [0, 0.1) is 0 Å². The molecule has 68 valence electrons. The van der Waals surface area contributed by atoms with Gasteiger partial charge in [0.1, 0.15) is 0 Å². The van der Waals surface area contributed by atoms with Crippen LogP contribution in [0.3, 0.4) is 0 Å². The molecular weight excluding hydrogens is 223 g/mol. The maximum absolute atomic E-state index is 10.9. The van der Waals surface area contributed by atoms with Crippen molar-refractivity contribution in [1.82, 2.24) is 0 Å². The van der Waals surface area contributed by atoms with E-state index in [0.29, 0.717) is 5.03 Å². The molecule has 0 amide bonds. The first kappa shape index (κ1) is 14.0. The third-order valence-corrected chi connectivity index (χ3v) is 0.742. The summed E-state index contributed by atoms with van der Waals surface area (Å²) in [6, 6.07) is 0. The van der Waals surface area contributed by atoms with Crippen LogP contribution in [0.4, 0.5) is 13.2 Å². The summed E-state index contributed by atoms with van der Waals surface area (Å²) in [5.74, 6) is 0. The van der Waals surface area contributed by atoms with Crippen LogP contribution in [0.2, 0.25) is 0 Å². The van der Waals surface area contributed by atoms with E-state index in [4.69, 9.17) is 11.6 Å². The Labute approximate surface area is 77.9 Å². The Balaban J connectivity index is 0. The second-order valence-corrected chi connectivity index (χ2v) is 3.26. The predicted octanol–water partition coefficient (Wildman–Crippen LogP) is 4.11. The first-order valence-electron chi connectivity index (χ1n) is 2.33. The van der Waals surface area contributed by atoms with Crippen molar-refractivity contribution in [2.75, 3.05) is 0 Å².